The van der Waals surface area contributed by atoms with Crippen molar-refractivity contribution >= 4 is 37.7 Å². The molecular formula is CaO8Re2. The quantitative estimate of drug-likeness (QED) is 0.288. The number of rotatable bonds is 0. The molecule has 0 saturated heterocycles. The molecule has 0 amide bonds. The van der Waals surface area contributed by atoms with E-state index in [1.54, 1.807) is 0 Å². The van der Waals surface area contributed by atoms with Crippen molar-refractivity contribution in [1.82, 2.24) is 0 Å². The molecule has 0 aromatic carbocycles. The van der Waals surface area contributed by atoms with Gasteiger partial charge in [0.1, 0.15) is 0 Å². The van der Waals surface area contributed by atoms with Gasteiger partial charge in [0.05, 0.1) is 0 Å². The molecule has 8 nitrogen and oxygen atoms in total. The van der Waals surface area contributed by atoms with Crippen molar-refractivity contribution in [3.05, 3.63) is 0 Å². The molecule has 0 aliphatic carbocycles. The average Bonchev–Trinajstić information content (AvgIpc) is 1.12. The Morgan fingerprint density at radius 2 is 0.636 bits per heavy atom. The van der Waals surface area contributed by atoms with Crippen molar-refractivity contribution in [2.75, 3.05) is 0 Å². The van der Waals surface area contributed by atoms with Crippen LogP contribution in [0.25, 0.3) is 0 Å². The summed E-state index contributed by atoms with van der Waals surface area (Å²) in [5.41, 5.74) is 0. The molecule has 0 rings (SSSR count). The van der Waals surface area contributed by atoms with Gasteiger partial charge in [-0.25, -0.2) is 0 Å². The van der Waals surface area contributed by atoms with Crippen LogP contribution in [0.15, 0.2) is 0 Å². The molecule has 0 aromatic rings. The molecule has 11 heteroatoms. The third kappa shape index (κ3) is 575. The van der Waals surface area contributed by atoms with E-state index < -0.39 is 31.6 Å². The molecule has 0 spiro atoms. The van der Waals surface area contributed by atoms with Crippen LogP contribution in [0.4, 0.5) is 0 Å². The van der Waals surface area contributed by atoms with Gasteiger partial charge < -0.3 is 0 Å². The Kier molecular flexibility index (Phi) is 11.2. The average molecular weight is 540 g/mol. The summed E-state index contributed by atoms with van der Waals surface area (Å²) in [4.78, 5) is 0. The van der Waals surface area contributed by atoms with Crippen LogP contribution in [0.5, 0.6) is 0 Å². The summed E-state index contributed by atoms with van der Waals surface area (Å²) in [7, 11) is 0. The Morgan fingerprint density at radius 3 is 0.636 bits per heavy atom. The maximum atomic E-state index is 8.64. The Morgan fingerprint density at radius 1 is 0.636 bits per heavy atom. The van der Waals surface area contributed by atoms with Crippen LogP contribution in [0.2, 0.25) is 0 Å². The van der Waals surface area contributed by atoms with E-state index >= 15 is 0 Å². The van der Waals surface area contributed by atoms with E-state index in [9.17, 15) is 0 Å². The molecule has 0 aliphatic rings. The van der Waals surface area contributed by atoms with E-state index in [-0.39, 0.29) is 37.7 Å². The van der Waals surface area contributed by atoms with Gasteiger partial charge in [-0.1, -0.05) is 0 Å². The number of hydrogen-bond donors (Lipinski definition) is 0. The monoisotopic (exact) mass is 542 g/mol. The normalized spacial score (nSPS) is 10.4. The summed E-state index contributed by atoms with van der Waals surface area (Å²) in [6.07, 6.45) is 0. The van der Waals surface area contributed by atoms with Crippen LogP contribution in [0, 0.1) is 0 Å². The van der Waals surface area contributed by atoms with Gasteiger partial charge in [0, 0.05) is 0 Å². The predicted octanol–water partition coefficient (Wildman–Crippen LogP) is -3.48. The van der Waals surface area contributed by atoms with Crippen molar-refractivity contribution < 1.29 is 60.0 Å². The first-order valence-corrected chi connectivity index (χ1v) is 10.1. The summed E-state index contributed by atoms with van der Waals surface area (Å²) in [5.74, 6) is 0. The first kappa shape index (κ1) is 18.2. The van der Waals surface area contributed by atoms with Gasteiger partial charge in [0.15, 0.2) is 0 Å². The van der Waals surface area contributed by atoms with Gasteiger partial charge in [-0.2, -0.15) is 0 Å². The third-order valence-corrected chi connectivity index (χ3v) is 0. The van der Waals surface area contributed by atoms with Gasteiger partial charge in [-0.15, -0.1) is 0 Å². The Balaban J connectivity index is -0.000000107. The minimum atomic E-state index is -6.11. The van der Waals surface area contributed by atoms with E-state index in [4.69, 9.17) is 28.5 Å². The zero-order valence-electron chi connectivity index (χ0n) is 4.73. The van der Waals surface area contributed by atoms with Crippen molar-refractivity contribution in [2.24, 2.45) is 0 Å². The molecule has 64 valence electrons. The van der Waals surface area contributed by atoms with Gasteiger partial charge in [-0.05, 0) is 0 Å². The fourth-order valence-corrected chi connectivity index (χ4v) is 0. The minimum absolute atomic E-state index is 0. The zero-order valence-corrected chi connectivity index (χ0v) is 12.4. The summed E-state index contributed by atoms with van der Waals surface area (Å²) in [6, 6.07) is 0. The van der Waals surface area contributed by atoms with Crippen LogP contribution < -0.4 is 7.66 Å². The molecule has 0 aliphatic heterocycles. The van der Waals surface area contributed by atoms with E-state index in [0.717, 1.165) is 0 Å². The summed E-state index contributed by atoms with van der Waals surface area (Å²) >= 11 is -12.2. The first-order valence-electron chi connectivity index (χ1n) is 1.23. The van der Waals surface area contributed by atoms with E-state index in [1.165, 1.54) is 0 Å². The fraction of sp³-hybridized carbons (Fsp3) is 0. The van der Waals surface area contributed by atoms with Crippen LogP contribution in [0.1, 0.15) is 0 Å². The van der Waals surface area contributed by atoms with E-state index in [0.29, 0.717) is 0 Å². The topological polar surface area (TPSA) is 149 Å². The molecular weight excluding hydrogens is 540 g/mol. The van der Waals surface area contributed by atoms with Crippen molar-refractivity contribution in [3.63, 3.8) is 0 Å². The summed E-state index contributed by atoms with van der Waals surface area (Å²) in [6.45, 7) is 0. The van der Waals surface area contributed by atoms with E-state index in [1.807, 2.05) is 0 Å². The van der Waals surface area contributed by atoms with Gasteiger partial charge in [0.2, 0.25) is 0 Å². The predicted molar refractivity (Wildman–Crippen MR) is 9.87 cm³/mol. The molecule has 0 N–H and O–H groups in total. The summed E-state index contributed by atoms with van der Waals surface area (Å²) < 4.78 is 69.1. The second-order valence-corrected chi connectivity index (χ2v) is 6.19. The Bertz CT molecular complexity index is 296. The standard InChI is InChI=1S/Ca.8O.2Re/q+2;;;;;;;2*-1;;. The van der Waals surface area contributed by atoms with Crippen molar-refractivity contribution in [3.8, 4) is 0 Å². The van der Waals surface area contributed by atoms with E-state index in [2.05, 4.69) is 0 Å². The second kappa shape index (κ2) is 6.78. The number of hydrogen-bond acceptors (Lipinski definition) is 8. The van der Waals surface area contributed by atoms with Crippen molar-refractivity contribution in [2.45, 2.75) is 0 Å². The molecule has 0 bridgehead atoms. The third-order valence-electron chi connectivity index (χ3n) is 0. The van der Waals surface area contributed by atoms with Crippen LogP contribution >= 0.6 is 0 Å². The molecule has 0 saturated carbocycles. The molecule has 0 radical (unpaired) electrons. The van der Waals surface area contributed by atoms with Crippen LogP contribution in [-0.2, 0) is 52.4 Å². The Hall–Kier alpha value is 1.30. The Labute approximate surface area is 96.3 Å². The second-order valence-electron chi connectivity index (χ2n) is 0.756. The van der Waals surface area contributed by atoms with Gasteiger partial charge >= 0.3 is 97.8 Å². The van der Waals surface area contributed by atoms with Gasteiger partial charge in [-0.3, -0.25) is 0 Å². The zero-order chi connectivity index (χ0) is 9.00. The first-order chi connectivity index (χ1) is 4.00. The SMILES string of the molecule is [Ca+2].[O]=[Re](=[O])(=[O])[O-].[O]=[Re](=[O])(=[O])[O-]. The van der Waals surface area contributed by atoms with Crippen LogP contribution in [-0.4, -0.2) is 37.7 Å². The van der Waals surface area contributed by atoms with Crippen molar-refractivity contribution in [1.29, 1.82) is 0 Å². The van der Waals surface area contributed by atoms with Gasteiger partial charge in [0.25, 0.3) is 0 Å². The molecule has 0 unspecified atom stereocenters. The molecule has 0 fully saturated rings. The fourth-order valence-electron chi connectivity index (χ4n) is 0. The van der Waals surface area contributed by atoms with Crippen LogP contribution in [0.3, 0.4) is 0 Å². The summed E-state index contributed by atoms with van der Waals surface area (Å²) in [5, 5.41) is 0. The molecule has 11 heavy (non-hydrogen) atoms. The maximum absolute atomic E-state index is 8.64. The molecule has 0 atom stereocenters. The molecule has 0 heterocycles. The molecule has 0 aromatic heterocycles.